The molecule has 0 bridgehead atoms. The monoisotopic (exact) mass is 302 g/mol. The van der Waals surface area contributed by atoms with Crippen LogP contribution in [0, 0.1) is 5.92 Å². The molecule has 0 aliphatic heterocycles. The number of alkyl halides is 2. The van der Waals surface area contributed by atoms with Crippen molar-refractivity contribution in [2.75, 3.05) is 0 Å². The lowest BCUT2D eigenvalue weighted by atomic mass is 9.85. The molecule has 2 N–H and O–H groups in total. The number of carboxylic acids is 1. The van der Waals surface area contributed by atoms with Gasteiger partial charge in [-0.2, -0.15) is 8.78 Å². The number of ether oxygens (including phenoxy) is 1. The maximum absolute atomic E-state index is 13.9. The van der Waals surface area contributed by atoms with Crippen molar-refractivity contribution >= 4 is 11.9 Å². The van der Waals surface area contributed by atoms with E-state index in [2.05, 4.69) is 0 Å². The molecule has 1 aromatic carbocycles. The van der Waals surface area contributed by atoms with E-state index < -0.39 is 29.4 Å². The van der Waals surface area contributed by atoms with E-state index in [0.29, 0.717) is 0 Å². The number of carboxylic acid groups (broad SMARTS) is 1. The van der Waals surface area contributed by atoms with E-state index in [4.69, 9.17) is 14.9 Å². The molecule has 0 fully saturated rings. The molecule has 1 atom stereocenters. The van der Waals surface area contributed by atoms with Crippen LogP contribution in [0.25, 0.3) is 0 Å². The van der Waals surface area contributed by atoms with E-state index in [-0.39, 0.29) is 11.3 Å². The fourth-order valence-corrected chi connectivity index (χ4v) is 1.61. The van der Waals surface area contributed by atoms with Crippen LogP contribution in [0.1, 0.15) is 31.1 Å². The Hall–Kier alpha value is -2.18. The van der Waals surface area contributed by atoms with E-state index in [9.17, 15) is 18.4 Å². The zero-order chi connectivity index (χ0) is 16.4. The number of benzene rings is 1. The molecular formula is C14H16F2O5. The Morgan fingerprint density at radius 2 is 1.67 bits per heavy atom. The summed E-state index contributed by atoms with van der Waals surface area (Å²) in [4.78, 5) is 22.7. The number of rotatable bonds is 5. The van der Waals surface area contributed by atoms with Gasteiger partial charge in [-0.25, -0.2) is 9.59 Å². The van der Waals surface area contributed by atoms with Crippen LogP contribution in [0.2, 0.25) is 0 Å². The SMILES string of the molecule is CC(C)C(C)(OC(=O)c1ccc(O)cc1)C(F)(F)C(=O)O. The summed E-state index contributed by atoms with van der Waals surface area (Å²) in [6.07, 6.45) is 0. The number of esters is 1. The molecule has 0 amide bonds. The van der Waals surface area contributed by atoms with Crippen molar-refractivity contribution < 1.29 is 33.3 Å². The second kappa shape index (κ2) is 5.67. The van der Waals surface area contributed by atoms with Crippen LogP contribution in [0.15, 0.2) is 24.3 Å². The fourth-order valence-electron chi connectivity index (χ4n) is 1.61. The van der Waals surface area contributed by atoms with Crippen molar-refractivity contribution in [2.45, 2.75) is 32.3 Å². The minimum Gasteiger partial charge on any atom is -0.508 e. The number of aromatic hydroxyl groups is 1. The van der Waals surface area contributed by atoms with Crippen LogP contribution >= 0.6 is 0 Å². The molecule has 0 radical (unpaired) electrons. The van der Waals surface area contributed by atoms with Crippen molar-refractivity contribution in [3.63, 3.8) is 0 Å². The number of carbonyl (C=O) groups excluding carboxylic acids is 1. The van der Waals surface area contributed by atoms with E-state index in [1.54, 1.807) is 0 Å². The summed E-state index contributed by atoms with van der Waals surface area (Å²) in [6, 6.07) is 4.77. The fraction of sp³-hybridized carbons (Fsp3) is 0.429. The highest BCUT2D eigenvalue weighted by Crippen LogP contribution is 2.39. The summed E-state index contributed by atoms with van der Waals surface area (Å²) in [7, 11) is 0. The maximum atomic E-state index is 13.9. The second-order valence-electron chi connectivity index (χ2n) is 5.08. The van der Waals surface area contributed by atoms with Gasteiger partial charge in [-0.15, -0.1) is 0 Å². The van der Waals surface area contributed by atoms with Crippen molar-refractivity contribution in [2.24, 2.45) is 5.92 Å². The normalized spacial score (nSPS) is 14.6. The van der Waals surface area contributed by atoms with Gasteiger partial charge in [-0.05, 0) is 37.1 Å². The molecule has 1 aromatic rings. The lowest BCUT2D eigenvalue weighted by molar-refractivity contribution is -0.214. The van der Waals surface area contributed by atoms with Gasteiger partial charge < -0.3 is 14.9 Å². The Bertz CT molecular complexity index is 539. The van der Waals surface area contributed by atoms with E-state index in [1.807, 2.05) is 0 Å². The summed E-state index contributed by atoms with van der Waals surface area (Å²) in [5, 5.41) is 17.8. The molecule has 1 rings (SSSR count). The van der Waals surface area contributed by atoms with Crippen LogP contribution < -0.4 is 0 Å². The molecule has 0 heterocycles. The molecule has 5 nitrogen and oxygen atoms in total. The summed E-state index contributed by atoms with van der Waals surface area (Å²) >= 11 is 0. The molecule has 116 valence electrons. The van der Waals surface area contributed by atoms with Gasteiger partial charge in [0, 0.05) is 0 Å². The first kappa shape index (κ1) is 16.9. The van der Waals surface area contributed by atoms with Crippen LogP contribution in [-0.2, 0) is 9.53 Å². The third kappa shape index (κ3) is 3.12. The largest absolute Gasteiger partial charge is 0.508 e. The van der Waals surface area contributed by atoms with E-state index in [1.165, 1.54) is 38.1 Å². The summed E-state index contributed by atoms with van der Waals surface area (Å²) in [5.41, 5.74) is -2.57. The highest BCUT2D eigenvalue weighted by atomic mass is 19.3. The van der Waals surface area contributed by atoms with Crippen LogP contribution in [0.4, 0.5) is 8.78 Å². The molecule has 0 spiro atoms. The number of aliphatic carboxylic acids is 1. The third-order valence-electron chi connectivity index (χ3n) is 3.40. The van der Waals surface area contributed by atoms with Crippen LogP contribution in [0.5, 0.6) is 5.75 Å². The number of phenols is 1. The standard InChI is InChI=1S/C14H16F2O5/c1-8(2)13(3,14(15,16)12(19)20)21-11(18)9-4-6-10(17)7-5-9/h4-8,17H,1-3H3,(H,19,20). The topological polar surface area (TPSA) is 83.8 Å². The smallest absolute Gasteiger partial charge is 0.381 e. The first-order valence-electron chi connectivity index (χ1n) is 6.16. The summed E-state index contributed by atoms with van der Waals surface area (Å²) in [5.74, 6) is -8.74. The highest BCUT2D eigenvalue weighted by molar-refractivity contribution is 5.90. The summed E-state index contributed by atoms with van der Waals surface area (Å²) < 4.78 is 32.5. The maximum Gasteiger partial charge on any atom is 0.381 e. The number of hydrogen-bond donors (Lipinski definition) is 2. The Morgan fingerprint density at radius 1 is 1.19 bits per heavy atom. The third-order valence-corrected chi connectivity index (χ3v) is 3.40. The predicted molar refractivity (Wildman–Crippen MR) is 69.3 cm³/mol. The minimum atomic E-state index is -4.24. The van der Waals surface area contributed by atoms with Gasteiger partial charge in [0.05, 0.1) is 5.56 Å². The Morgan fingerprint density at radius 3 is 2.05 bits per heavy atom. The number of carbonyl (C=O) groups is 2. The van der Waals surface area contributed by atoms with Gasteiger partial charge in [0.15, 0.2) is 5.60 Å². The molecule has 0 aliphatic rings. The van der Waals surface area contributed by atoms with Gasteiger partial charge >= 0.3 is 17.9 Å². The van der Waals surface area contributed by atoms with Gasteiger partial charge in [0.1, 0.15) is 5.75 Å². The van der Waals surface area contributed by atoms with Gasteiger partial charge in [-0.1, -0.05) is 13.8 Å². The molecule has 7 heteroatoms. The number of hydrogen-bond acceptors (Lipinski definition) is 4. The van der Waals surface area contributed by atoms with Gasteiger partial charge in [0.2, 0.25) is 0 Å². The molecule has 0 aliphatic carbocycles. The average Bonchev–Trinajstić information content (AvgIpc) is 2.38. The molecule has 0 saturated carbocycles. The molecule has 1 unspecified atom stereocenters. The molecule has 0 aromatic heterocycles. The van der Waals surface area contributed by atoms with Crippen molar-refractivity contribution in [1.29, 1.82) is 0 Å². The van der Waals surface area contributed by atoms with Gasteiger partial charge in [0.25, 0.3) is 0 Å². The molecule has 21 heavy (non-hydrogen) atoms. The zero-order valence-corrected chi connectivity index (χ0v) is 11.8. The Labute approximate surface area is 120 Å². The van der Waals surface area contributed by atoms with E-state index >= 15 is 0 Å². The van der Waals surface area contributed by atoms with Crippen LogP contribution in [0.3, 0.4) is 0 Å². The Balaban J connectivity index is 3.12. The predicted octanol–water partition coefficient (Wildman–Crippen LogP) is 2.68. The first-order chi connectivity index (χ1) is 9.52. The number of halogens is 2. The van der Waals surface area contributed by atoms with Crippen molar-refractivity contribution in [3.05, 3.63) is 29.8 Å². The Kier molecular flexibility index (Phi) is 4.56. The second-order valence-corrected chi connectivity index (χ2v) is 5.08. The summed E-state index contributed by atoms with van der Waals surface area (Å²) in [6.45, 7) is 3.55. The lowest BCUT2D eigenvalue weighted by Crippen LogP contribution is -2.57. The van der Waals surface area contributed by atoms with Crippen LogP contribution in [-0.4, -0.2) is 33.7 Å². The van der Waals surface area contributed by atoms with Gasteiger partial charge in [-0.3, -0.25) is 0 Å². The van der Waals surface area contributed by atoms with E-state index in [0.717, 1.165) is 6.92 Å². The van der Waals surface area contributed by atoms with Crippen molar-refractivity contribution in [3.8, 4) is 5.75 Å². The minimum absolute atomic E-state index is 0.0686. The number of phenolic OH excluding ortho intramolecular Hbond substituents is 1. The quantitative estimate of drug-likeness (QED) is 0.817. The molecular weight excluding hydrogens is 286 g/mol. The average molecular weight is 302 g/mol. The lowest BCUT2D eigenvalue weighted by Gasteiger charge is -2.37. The zero-order valence-electron chi connectivity index (χ0n) is 11.8. The molecule has 0 saturated heterocycles. The highest BCUT2D eigenvalue weighted by Gasteiger charge is 2.61. The van der Waals surface area contributed by atoms with Crippen molar-refractivity contribution in [1.82, 2.24) is 0 Å². The first-order valence-corrected chi connectivity index (χ1v) is 6.16.